The van der Waals surface area contributed by atoms with Crippen molar-refractivity contribution in [2.24, 2.45) is 0 Å². The Bertz CT molecular complexity index is 752. The molecule has 4 nitrogen and oxygen atoms in total. The van der Waals surface area contributed by atoms with Crippen molar-refractivity contribution in [2.75, 3.05) is 4.90 Å². The van der Waals surface area contributed by atoms with Crippen LogP contribution < -0.4 is 10.2 Å². The molecular formula is C20H23N3O. The molecule has 1 N–H and O–H groups in total. The predicted molar refractivity (Wildman–Crippen MR) is 95.7 cm³/mol. The maximum Gasteiger partial charge on any atom is 0.270 e. The van der Waals surface area contributed by atoms with E-state index in [2.05, 4.69) is 46.4 Å². The first kappa shape index (κ1) is 15.2. The van der Waals surface area contributed by atoms with E-state index < -0.39 is 0 Å². The Balaban J connectivity index is 1.59. The minimum absolute atomic E-state index is 0.0520. The van der Waals surface area contributed by atoms with E-state index in [4.69, 9.17) is 0 Å². The van der Waals surface area contributed by atoms with Crippen LogP contribution in [0.15, 0.2) is 42.6 Å². The molecule has 2 aliphatic rings. The minimum atomic E-state index is -0.0520. The molecule has 24 heavy (non-hydrogen) atoms. The molecular weight excluding hydrogens is 298 g/mol. The molecule has 4 rings (SSSR count). The number of rotatable bonds is 3. The van der Waals surface area contributed by atoms with Gasteiger partial charge in [-0.05, 0) is 49.9 Å². The van der Waals surface area contributed by atoms with Crippen LogP contribution in [0.1, 0.15) is 48.7 Å². The number of benzene rings is 1. The van der Waals surface area contributed by atoms with E-state index in [0.717, 1.165) is 24.9 Å². The molecule has 1 aromatic heterocycles. The topological polar surface area (TPSA) is 45.2 Å². The minimum Gasteiger partial charge on any atom is -0.348 e. The van der Waals surface area contributed by atoms with Crippen LogP contribution in [-0.2, 0) is 6.42 Å². The van der Waals surface area contributed by atoms with Crippen LogP contribution in [0.4, 0.5) is 11.4 Å². The van der Waals surface area contributed by atoms with Gasteiger partial charge in [0.1, 0.15) is 5.69 Å². The van der Waals surface area contributed by atoms with Gasteiger partial charge in [-0.3, -0.25) is 9.78 Å². The summed E-state index contributed by atoms with van der Waals surface area (Å²) in [4.78, 5) is 19.1. The zero-order valence-corrected chi connectivity index (χ0v) is 14.0. The first-order valence-electron chi connectivity index (χ1n) is 8.86. The maximum atomic E-state index is 12.5. The molecule has 1 aliphatic heterocycles. The van der Waals surface area contributed by atoms with Gasteiger partial charge in [0.15, 0.2) is 0 Å². The molecule has 1 aliphatic carbocycles. The van der Waals surface area contributed by atoms with E-state index in [-0.39, 0.29) is 5.91 Å². The Labute approximate surface area is 142 Å². The van der Waals surface area contributed by atoms with Gasteiger partial charge >= 0.3 is 0 Å². The highest BCUT2D eigenvalue weighted by atomic mass is 16.1. The van der Waals surface area contributed by atoms with E-state index in [1.165, 1.54) is 24.1 Å². The fraction of sp³-hybridized carbons (Fsp3) is 0.400. The zero-order valence-electron chi connectivity index (χ0n) is 14.0. The van der Waals surface area contributed by atoms with Crippen LogP contribution in [-0.4, -0.2) is 23.0 Å². The van der Waals surface area contributed by atoms with E-state index in [1.54, 1.807) is 6.20 Å². The molecule has 1 amide bonds. The quantitative estimate of drug-likeness (QED) is 0.934. The van der Waals surface area contributed by atoms with Gasteiger partial charge in [0, 0.05) is 29.7 Å². The maximum absolute atomic E-state index is 12.5. The number of nitrogens with zero attached hydrogens (tertiary/aromatic N) is 2. The monoisotopic (exact) mass is 321 g/mol. The third kappa shape index (κ3) is 2.77. The van der Waals surface area contributed by atoms with Crippen molar-refractivity contribution in [2.45, 2.75) is 51.1 Å². The van der Waals surface area contributed by atoms with Crippen LogP contribution in [0.25, 0.3) is 0 Å². The average Bonchev–Trinajstić information content (AvgIpc) is 3.21. The number of aromatic nitrogens is 1. The Hall–Kier alpha value is -2.36. The Morgan fingerprint density at radius 2 is 2.00 bits per heavy atom. The van der Waals surface area contributed by atoms with Crippen molar-refractivity contribution in [3.8, 4) is 0 Å². The van der Waals surface area contributed by atoms with Crippen LogP contribution in [0.3, 0.4) is 0 Å². The number of fused-ring (bicyclic) bond motifs is 1. The summed E-state index contributed by atoms with van der Waals surface area (Å²) in [5.41, 5.74) is 4.15. The Morgan fingerprint density at radius 1 is 1.21 bits per heavy atom. The molecule has 0 spiro atoms. The number of carbonyl (C=O) groups is 1. The highest BCUT2D eigenvalue weighted by molar-refractivity contribution is 5.93. The standard InChI is InChI=1S/C20H23N3O/c1-14-12-15-6-2-5-9-19(15)23(14)17-10-11-21-18(13-17)20(24)22-16-7-3-4-8-16/h2,5-6,9-11,13-14,16H,3-4,7-8,12H2,1H3,(H,22,24). The van der Waals surface area contributed by atoms with Crippen molar-refractivity contribution in [1.29, 1.82) is 0 Å². The zero-order chi connectivity index (χ0) is 16.5. The second kappa shape index (κ2) is 6.27. The summed E-state index contributed by atoms with van der Waals surface area (Å²) >= 11 is 0. The second-order valence-corrected chi connectivity index (χ2v) is 6.91. The van der Waals surface area contributed by atoms with E-state index >= 15 is 0 Å². The number of hydrogen-bond donors (Lipinski definition) is 1. The summed E-state index contributed by atoms with van der Waals surface area (Å²) in [5, 5.41) is 3.12. The fourth-order valence-corrected chi connectivity index (χ4v) is 3.98. The van der Waals surface area contributed by atoms with Crippen molar-refractivity contribution in [1.82, 2.24) is 10.3 Å². The van der Waals surface area contributed by atoms with Crippen LogP contribution in [0.5, 0.6) is 0 Å². The third-order valence-electron chi connectivity index (χ3n) is 5.15. The molecule has 1 aromatic carbocycles. The Kier molecular flexibility index (Phi) is 3.97. The lowest BCUT2D eigenvalue weighted by Gasteiger charge is -2.25. The van der Waals surface area contributed by atoms with Crippen LogP contribution >= 0.6 is 0 Å². The van der Waals surface area contributed by atoms with Gasteiger partial charge in [-0.1, -0.05) is 31.0 Å². The van der Waals surface area contributed by atoms with Crippen molar-refractivity contribution in [3.63, 3.8) is 0 Å². The summed E-state index contributed by atoms with van der Waals surface area (Å²) in [5.74, 6) is -0.0520. The number of carbonyl (C=O) groups excluding carboxylic acids is 1. The van der Waals surface area contributed by atoms with Gasteiger partial charge in [0.05, 0.1) is 0 Å². The summed E-state index contributed by atoms with van der Waals surface area (Å²) in [6.45, 7) is 2.22. The number of amides is 1. The van der Waals surface area contributed by atoms with Crippen LogP contribution in [0.2, 0.25) is 0 Å². The molecule has 124 valence electrons. The number of pyridine rings is 1. The smallest absolute Gasteiger partial charge is 0.270 e. The van der Waals surface area contributed by atoms with E-state index in [0.29, 0.717) is 17.8 Å². The lowest BCUT2D eigenvalue weighted by atomic mass is 10.1. The van der Waals surface area contributed by atoms with Gasteiger partial charge in [0.2, 0.25) is 0 Å². The molecule has 0 saturated heterocycles. The van der Waals surface area contributed by atoms with Gasteiger partial charge in [-0.15, -0.1) is 0 Å². The number of hydrogen-bond acceptors (Lipinski definition) is 3. The first-order valence-corrected chi connectivity index (χ1v) is 8.86. The second-order valence-electron chi connectivity index (χ2n) is 6.91. The summed E-state index contributed by atoms with van der Waals surface area (Å²) in [7, 11) is 0. The van der Waals surface area contributed by atoms with Gasteiger partial charge in [-0.25, -0.2) is 0 Å². The molecule has 1 saturated carbocycles. The number of anilines is 2. The molecule has 2 heterocycles. The van der Waals surface area contributed by atoms with Gasteiger partial charge in [0.25, 0.3) is 5.91 Å². The number of para-hydroxylation sites is 1. The summed E-state index contributed by atoms with van der Waals surface area (Å²) in [6.07, 6.45) is 7.36. The SMILES string of the molecule is CC1Cc2ccccc2N1c1ccnc(C(=O)NC2CCCC2)c1. The lowest BCUT2D eigenvalue weighted by Crippen LogP contribution is -2.33. The van der Waals surface area contributed by atoms with Crippen molar-refractivity contribution < 1.29 is 4.79 Å². The molecule has 4 heteroatoms. The predicted octanol–water partition coefficient (Wildman–Crippen LogP) is 3.84. The molecule has 1 fully saturated rings. The summed E-state index contributed by atoms with van der Waals surface area (Å²) in [6, 6.07) is 13.1. The highest BCUT2D eigenvalue weighted by Gasteiger charge is 2.27. The molecule has 1 unspecified atom stereocenters. The van der Waals surface area contributed by atoms with E-state index in [9.17, 15) is 4.79 Å². The van der Waals surface area contributed by atoms with Crippen molar-refractivity contribution >= 4 is 17.3 Å². The van der Waals surface area contributed by atoms with E-state index in [1.807, 2.05) is 12.1 Å². The largest absolute Gasteiger partial charge is 0.348 e. The third-order valence-corrected chi connectivity index (χ3v) is 5.15. The van der Waals surface area contributed by atoms with Gasteiger partial charge < -0.3 is 10.2 Å². The lowest BCUT2D eigenvalue weighted by molar-refractivity contribution is 0.0933. The normalized spacial score (nSPS) is 20.2. The molecule has 0 radical (unpaired) electrons. The van der Waals surface area contributed by atoms with Crippen molar-refractivity contribution in [3.05, 3.63) is 53.9 Å². The highest BCUT2D eigenvalue weighted by Crippen LogP contribution is 2.38. The van der Waals surface area contributed by atoms with Gasteiger partial charge in [-0.2, -0.15) is 0 Å². The summed E-state index contributed by atoms with van der Waals surface area (Å²) < 4.78 is 0. The molecule has 1 atom stereocenters. The molecule has 2 aromatic rings. The average molecular weight is 321 g/mol. The fourth-order valence-electron chi connectivity index (χ4n) is 3.98. The Morgan fingerprint density at radius 3 is 2.83 bits per heavy atom. The number of nitrogens with one attached hydrogen (secondary N) is 1. The first-order chi connectivity index (χ1) is 11.7. The molecule has 0 bridgehead atoms. The van der Waals surface area contributed by atoms with Crippen LogP contribution in [0, 0.1) is 0 Å².